The highest BCUT2D eigenvalue weighted by atomic mass is 16.5. The summed E-state index contributed by atoms with van der Waals surface area (Å²) >= 11 is 0. The summed E-state index contributed by atoms with van der Waals surface area (Å²) < 4.78 is 11.3. The van der Waals surface area contributed by atoms with Crippen LogP contribution in [0.2, 0.25) is 0 Å². The molecule has 2 N–H and O–H groups in total. The molecule has 0 aliphatic rings. The van der Waals surface area contributed by atoms with Gasteiger partial charge in [-0.1, -0.05) is 6.07 Å². The Morgan fingerprint density at radius 1 is 1.19 bits per heavy atom. The van der Waals surface area contributed by atoms with E-state index in [1.165, 1.54) is 0 Å². The minimum atomic E-state index is -0.881. The zero-order chi connectivity index (χ0) is 18.8. The van der Waals surface area contributed by atoms with Crippen LogP contribution in [-0.2, 0) is 11.4 Å². The summed E-state index contributed by atoms with van der Waals surface area (Å²) in [5.41, 5.74) is 1.35. The lowest BCUT2D eigenvalue weighted by molar-refractivity contribution is -0.137. The second kappa shape index (κ2) is 10.0. The number of pyridine rings is 1. The van der Waals surface area contributed by atoms with Gasteiger partial charge >= 0.3 is 5.97 Å². The molecule has 2 aromatic rings. The van der Waals surface area contributed by atoms with Gasteiger partial charge in [-0.3, -0.25) is 14.6 Å². The van der Waals surface area contributed by atoms with E-state index in [1.54, 1.807) is 30.6 Å². The van der Waals surface area contributed by atoms with Crippen molar-refractivity contribution in [3.8, 4) is 11.5 Å². The maximum atomic E-state index is 12.2. The molecule has 0 saturated carbocycles. The highest BCUT2D eigenvalue weighted by Gasteiger charge is 2.12. The number of carbonyl (C=O) groups is 2. The third-order valence-electron chi connectivity index (χ3n) is 3.48. The van der Waals surface area contributed by atoms with E-state index in [9.17, 15) is 9.59 Å². The Labute approximate surface area is 152 Å². The molecule has 0 aliphatic heterocycles. The minimum Gasteiger partial charge on any atom is -0.490 e. The van der Waals surface area contributed by atoms with E-state index in [4.69, 9.17) is 14.6 Å². The Morgan fingerprint density at radius 3 is 2.73 bits per heavy atom. The van der Waals surface area contributed by atoms with E-state index in [0.717, 1.165) is 5.56 Å². The third kappa shape index (κ3) is 6.08. The van der Waals surface area contributed by atoms with Crippen LogP contribution in [0.1, 0.15) is 35.7 Å². The fourth-order valence-electron chi connectivity index (χ4n) is 2.23. The molecule has 1 amide bonds. The van der Waals surface area contributed by atoms with Gasteiger partial charge in [0, 0.05) is 36.5 Å². The average Bonchev–Trinajstić information content (AvgIpc) is 2.65. The largest absolute Gasteiger partial charge is 0.490 e. The zero-order valence-corrected chi connectivity index (χ0v) is 14.6. The van der Waals surface area contributed by atoms with Crippen molar-refractivity contribution in [2.45, 2.75) is 26.4 Å². The van der Waals surface area contributed by atoms with E-state index in [1.807, 2.05) is 19.1 Å². The molecule has 1 aromatic heterocycles. The summed E-state index contributed by atoms with van der Waals surface area (Å²) in [5, 5.41) is 11.3. The molecule has 0 bridgehead atoms. The predicted molar refractivity (Wildman–Crippen MR) is 95.4 cm³/mol. The molecule has 0 unspecified atom stereocenters. The van der Waals surface area contributed by atoms with Gasteiger partial charge in [0.25, 0.3) is 5.91 Å². The average molecular weight is 358 g/mol. The second-order valence-corrected chi connectivity index (χ2v) is 5.50. The Hall–Kier alpha value is -3.09. The van der Waals surface area contributed by atoms with Gasteiger partial charge < -0.3 is 19.9 Å². The molecular formula is C19H22N2O5. The molecule has 138 valence electrons. The van der Waals surface area contributed by atoms with Gasteiger partial charge in [0.15, 0.2) is 11.5 Å². The number of carbonyl (C=O) groups excluding carboxylic acids is 1. The minimum absolute atomic E-state index is 0.0194. The maximum Gasteiger partial charge on any atom is 0.303 e. The van der Waals surface area contributed by atoms with Crippen LogP contribution in [0.3, 0.4) is 0 Å². The standard InChI is InChI=1S/C19H22N2O5/c1-2-25-17-11-15(19(24)21-10-4-6-18(22)23)7-8-16(17)26-13-14-5-3-9-20-12-14/h3,5,7-9,11-12H,2,4,6,10,13H2,1H3,(H,21,24)(H,22,23). The first-order valence-corrected chi connectivity index (χ1v) is 8.38. The predicted octanol–water partition coefficient (Wildman–Crippen LogP) is 2.65. The number of carboxylic acids is 1. The summed E-state index contributed by atoms with van der Waals surface area (Å²) in [6.07, 6.45) is 3.82. The Morgan fingerprint density at radius 2 is 2.04 bits per heavy atom. The van der Waals surface area contributed by atoms with Crippen LogP contribution >= 0.6 is 0 Å². The molecule has 0 aliphatic carbocycles. The van der Waals surface area contributed by atoms with E-state index in [-0.39, 0.29) is 12.3 Å². The van der Waals surface area contributed by atoms with Crippen LogP contribution in [0.15, 0.2) is 42.7 Å². The number of aliphatic carboxylic acids is 1. The van der Waals surface area contributed by atoms with Crippen LogP contribution in [0.5, 0.6) is 11.5 Å². The summed E-state index contributed by atoms with van der Waals surface area (Å²) in [7, 11) is 0. The summed E-state index contributed by atoms with van der Waals surface area (Å²) in [5.74, 6) is -0.143. The number of amides is 1. The molecular weight excluding hydrogens is 336 g/mol. The van der Waals surface area contributed by atoms with Crippen LogP contribution in [0.25, 0.3) is 0 Å². The lowest BCUT2D eigenvalue weighted by atomic mass is 10.2. The number of hydrogen-bond acceptors (Lipinski definition) is 5. The third-order valence-corrected chi connectivity index (χ3v) is 3.48. The SMILES string of the molecule is CCOc1cc(C(=O)NCCCC(=O)O)ccc1OCc1cccnc1. The summed E-state index contributed by atoms with van der Waals surface area (Å²) in [4.78, 5) is 26.7. The van der Waals surface area contributed by atoms with Crippen molar-refractivity contribution in [1.82, 2.24) is 10.3 Å². The fourth-order valence-corrected chi connectivity index (χ4v) is 2.23. The van der Waals surface area contributed by atoms with E-state index >= 15 is 0 Å². The van der Waals surface area contributed by atoms with Crippen LogP contribution in [-0.4, -0.2) is 35.1 Å². The molecule has 0 radical (unpaired) electrons. The van der Waals surface area contributed by atoms with Crippen molar-refractivity contribution in [2.75, 3.05) is 13.2 Å². The molecule has 0 saturated heterocycles. The number of nitrogens with one attached hydrogen (secondary N) is 1. The zero-order valence-electron chi connectivity index (χ0n) is 14.6. The van der Waals surface area contributed by atoms with Gasteiger partial charge in [0.2, 0.25) is 0 Å². The Bertz CT molecular complexity index is 734. The monoisotopic (exact) mass is 358 g/mol. The maximum absolute atomic E-state index is 12.2. The highest BCUT2D eigenvalue weighted by molar-refractivity contribution is 5.94. The summed E-state index contributed by atoms with van der Waals surface area (Å²) in [6.45, 7) is 2.93. The molecule has 1 aromatic carbocycles. The number of hydrogen-bond donors (Lipinski definition) is 2. The molecule has 0 spiro atoms. The van der Waals surface area contributed by atoms with E-state index < -0.39 is 5.97 Å². The van der Waals surface area contributed by atoms with Crippen molar-refractivity contribution in [1.29, 1.82) is 0 Å². The van der Waals surface area contributed by atoms with Crippen molar-refractivity contribution in [3.05, 3.63) is 53.9 Å². The lowest BCUT2D eigenvalue weighted by Crippen LogP contribution is -2.24. The molecule has 1 heterocycles. The number of benzene rings is 1. The smallest absolute Gasteiger partial charge is 0.303 e. The number of ether oxygens (including phenoxy) is 2. The molecule has 26 heavy (non-hydrogen) atoms. The topological polar surface area (TPSA) is 97.8 Å². The van der Waals surface area contributed by atoms with Gasteiger partial charge in [-0.05, 0) is 37.6 Å². The molecule has 0 fully saturated rings. The van der Waals surface area contributed by atoms with Crippen LogP contribution in [0.4, 0.5) is 0 Å². The van der Waals surface area contributed by atoms with Gasteiger partial charge in [-0.15, -0.1) is 0 Å². The number of aromatic nitrogens is 1. The molecule has 7 nitrogen and oxygen atoms in total. The first-order valence-electron chi connectivity index (χ1n) is 8.38. The Balaban J connectivity index is 2.00. The first-order chi connectivity index (χ1) is 12.6. The van der Waals surface area contributed by atoms with E-state index in [0.29, 0.717) is 43.2 Å². The van der Waals surface area contributed by atoms with Crippen molar-refractivity contribution in [3.63, 3.8) is 0 Å². The molecule has 7 heteroatoms. The van der Waals surface area contributed by atoms with Gasteiger partial charge in [0.05, 0.1) is 6.61 Å². The first kappa shape index (κ1) is 19.2. The fraction of sp³-hybridized carbons (Fsp3) is 0.316. The van der Waals surface area contributed by atoms with Crippen molar-refractivity contribution >= 4 is 11.9 Å². The number of nitrogens with zero attached hydrogens (tertiary/aromatic N) is 1. The molecule has 0 atom stereocenters. The normalized spacial score (nSPS) is 10.2. The Kier molecular flexibility index (Phi) is 7.42. The van der Waals surface area contributed by atoms with Gasteiger partial charge in [-0.25, -0.2) is 0 Å². The lowest BCUT2D eigenvalue weighted by Gasteiger charge is -2.13. The number of rotatable bonds is 10. The van der Waals surface area contributed by atoms with Crippen LogP contribution in [0, 0.1) is 0 Å². The second-order valence-electron chi connectivity index (χ2n) is 5.50. The van der Waals surface area contributed by atoms with Crippen molar-refractivity contribution < 1.29 is 24.2 Å². The number of carboxylic acid groups (broad SMARTS) is 1. The van der Waals surface area contributed by atoms with Gasteiger partial charge in [-0.2, -0.15) is 0 Å². The quantitative estimate of drug-likeness (QED) is 0.634. The van der Waals surface area contributed by atoms with E-state index in [2.05, 4.69) is 10.3 Å². The van der Waals surface area contributed by atoms with Gasteiger partial charge in [0.1, 0.15) is 6.61 Å². The molecule has 2 rings (SSSR count). The van der Waals surface area contributed by atoms with Crippen molar-refractivity contribution in [2.24, 2.45) is 0 Å². The van der Waals surface area contributed by atoms with Crippen LogP contribution < -0.4 is 14.8 Å². The highest BCUT2D eigenvalue weighted by Crippen LogP contribution is 2.29. The summed E-state index contributed by atoms with van der Waals surface area (Å²) in [6, 6.07) is 8.70.